The van der Waals surface area contributed by atoms with Crippen LogP contribution in [0.15, 0.2) is 24.3 Å². The summed E-state index contributed by atoms with van der Waals surface area (Å²) in [6.45, 7) is 5.26. The Kier molecular flexibility index (Phi) is 3.91. The van der Waals surface area contributed by atoms with Crippen LogP contribution in [0.5, 0.6) is 0 Å². The van der Waals surface area contributed by atoms with Crippen LogP contribution in [0, 0.1) is 0 Å². The Morgan fingerprint density at radius 3 is 2.52 bits per heavy atom. The first kappa shape index (κ1) is 15.7. The molecule has 1 saturated carbocycles. The Morgan fingerprint density at radius 1 is 1.29 bits per heavy atom. The van der Waals surface area contributed by atoms with Crippen molar-refractivity contribution in [2.24, 2.45) is 0 Å². The van der Waals surface area contributed by atoms with Gasteiger partial charge in [0.05, 0.1) is 5.56 Å². The van der Waals surface area contributed by atoms with E-state index in [9.17, 15) is 18.0 Å². The van der Waals surface area contributed by atoms with E-state index in [0.717, 1.165) is 12.1 Å². The number of halogens is 3. The molecule has 0 heterocycles. The van der Waals surface area contributed by atoms with Crippen molar-refractivity contribution >= 4 is 6.09 Å². The molecular formula is C15H18F3NO2. The summed E-state index contributed by atoms with van der Waals surface area (Å²) in [4.78, 5) is 11.6. The van der Waals surface area contributed by atoms with Gasteiger partial charge in [-0.25, -0.2) is 4.79 Å². The van der Waals surface area contributed by atoms with Gasteiger partial charge in [-0.3, -0.25) is 0 Å². The van der Waals surface area contributed by atoms with Crippen LogP contribution in [0.4, 0.5) is 18.0 Å². The molecule has 0 spiro atoms. The number of alkyl halides is 3. The molecule has 0 bridgehead atoms. The van der Waals surface area contributed by atoms with Gasteiger partial charge in [0.1, 0.15) is 5.60 Å². The van der Waals surface area contributed by atoms with Crippen LogP contribution < -0.4 is 5.32 Å². The van der Waals surface area contributed by atoms with Gasteiger partial charge in [-0.15, -0.1) is 0 Å². The van der Waals surface area contributed by atoms with Crippen molar-refractivity contribution in [3.63, 3.8) is 0 Å². The van der Waals surface area contributed by atoms with Crippen molar-refractivity contribution in [1.29, 1.82) is 0 Å². The summed E-state index contributed by atoms with van der Waals surface area (Å²) < 4.78 is 43.1. The fourth-order valence-corrected chi connectivity index (χ4v) is 2.13. The highest BCUT2D eigenvalue weighted by Gasteiger charge is 2.41. The molecule has 1 aromatic carbocycles. The van der Waals surface area contributed by atoms with E-state index in [1.54, 1.807) is 26.8 Å². The Morgan fingerprint density at radius 2 is 1.95 bits per heavy atom. The normalized spacial score (nSPS) is 21.8. The predicted octanol–water partition coefficient (Wildman–Crippen LogP) is 4.09. The van der Waals surface area contributed by atoms with Gasteiger partial charge in [0, 0.05) is 12.0 Å². The van der Waals surface area contributed by atoms with Gasteiger partial charge in [-0.1, -0.05) is 18.2 Å². The van der Waals surface area contributed by atoms with E-state index in [-0.39, 0.29) is 12.0 Å². The first-order valence-corrected chi connectivity index (χ1v) is 6.73. The molecule has 1 aliphatic rings. The average molecular weight is 301 g/mol. The number of alkyl carbamates (subject to hydrolysis) is 1. The van der Waals surface area contributed by atoms with Crippen LogP contribution in [0.1, 0.15) is 44.2 Å². The van der Waals surface area contributed by atoms with Crippen LogP contribution in [-0.2, 0) is 10.9 Å². The first-order chi connectivity index (χ1) is 9.56. The number of carbonyl (C=O) groups excluding carboxylic acids is 1. The Labute approximate surface area is 121 Å². The minimum atomic E-state index is -4.35. The van der Waals surface area contributed by atoms with Gasteiger partial charge < -0.3 is 10.1 Å². The molecule has 0 aliphatic heterocycles. The molecule has 1 aliphatic carbocycles. The summed E-state index contributed by atoms with van der Waals surface area (Å²) in [6.07, 6.45) is -4.26. The monoisotopic (exact) mass is 301 g/mol. The van der Waals surface area contributed by atoms with E-state index in [0.29, 0.717) is 12.0 Å². The molecule has 0 aromatic heterocycles. The van der Waals surface area contributed by atoms with Crippen molar-refractivity contribution in [2.45, 2.75) is 50.9 Å². The van der Waals surface area contributed by atoms with E-state index < -0.39 is 23.4 Å². The quantitative estimate of drug-likeness (QED) is 0.893. The first-order valence-electron chi connectivity index (χ1n) is 6.73. The molecule has 0 radical (unpaired) electrons. The maximum Gasteiger partial charge on any atom is 0.416 e. The van der Waals surface area contributed by atoms with Crippen molar-refractivity contribution in [1.82, 2.24) is 5.32 Å². The number of ether oxygens (including phenoxy) is 1. The molecule has 21 heavy (non-hydrogen) atoms. The van der Waals surface area contributed by atoms with E-state index in [2.05, 4.69) is 5.32 Å². The second-order valence-corrected chi connectivity index (χ2v) is 6.22. The highest BCUT2D eigenvalue weighted by Crippen LogP contribution is 2.42. The number of amides is 1. The highest BCUT2D eigenvalue weighted by atomic mass is 19.4. The van der Waals surface area contributed by atoms with E-state index in [4.69, 9.17) is 4.74 Å². The summed E-state index contributed by atoms with van der Waals surface area (Å²) >= 11 is 0. The molecule has 2 atom stereocenters. The SMILES string of the molecule is CC(C)(C)OC(=O)NC1CC1c1cccc(C(F)(F)F)c1. The van der Waals surface area contributed by atoms with Crippen LogP contribution in [-0.4, -0.2) is 17.7 Å². The van der Waals surface area contributed by atoms with Crippen LogP contribution in [0.3, 0.4) is 0 Å². The number of benzene rings is 1. The minimum Gasteiger partial charge on any atom is -0.444 e. The third-order valence-corrected chi connectivity index (χ3v) is 3.13. The Balaban J connectivity index is 1.96. The summed E-state index contributed by atoms with van der Waals surface area (Å²) in [5.74, 6) is -0.0835. The summed E-state index contributed by atoms with van der Waals surface area (Å²) in [6, 6.07) is 5.06. The molecule has 116 valence electrons. The van der Waals surface area contributed by atoms with Crippen LogP contribution in [0.25, 0.3) is 0 Å². The van der Waals surface area contributed by atoms with Crippen LogP contribution in [0.2, 0.25) is 0 Å². The zero-order valence-electron chi connectivity index (χ0n) is 12.1. The zero-order chi connectivity index (χ0) is 15.8. The van der Waals surface area contributed by atoms with Crippen LogP contribution >= 0.6 is 0 Å². The largest absolute Gasteiger partial charge is 0.444 e. The number of hydrogen-bond donors (Lipinski definition) is 1. The third-order valence-electron chi connectivity index (χ3n) is 3.13. The summed E-state index contributed by atoms with van der Waals surface area (Å²) in [5.41, 5.74) is -0.668. The summed E-state index contributed by atoms with van der Waals surface area (Å²) in [7, 11) is 0. The second kappa shape index (κ2) is 5.24. The second-order valence-electron chi connectivity index (χ2n) is 6.22. The van der Waals surface area contributed by atoms with Gasteiger partial charge in [0.25, 0.3) is 0 Å². The Hall–Kier alpha value is -1.72. The maximum atomic E-state index is 12.7. The van der Waals surface area contributed by atoms with E-state index >= 15 is 0 Å². The fraction of sp³-hybridized carbons (Fsp3) is 0.533. The van der Waals surface area contributed by atoms with Gasteiger partial charge >= 0.3 is 12.3 Å². The molecule has 2 unspecified atom stereocenters. The van der Waals surface area contributed by atoms with Crippen molar-refractivity contribution < 1.29 is 22.7 Å². The van der Waals surface area contributed by atoms with Crippen molar-refractivity contribution in [3.8, 4) is 0 Å². The van der Waals surface area contributed by atoms with Gasteiger partial charge in [-0.2, -0.15) is 13.2 Å². The molecule has 1 aromatic rings. The minimum absolute atomic E-state index is 0.0835. The smallest absolute Gasteiger partial charge is 0.416 e. The lowest BCUT2D eigenvalue weighted by atomic mass is 10.1. The molecule has 6 heteroatoms. The molecule has 1 fully saturated rings. The fourth-order valence-electron chi connectivity index (χ4n) is 2.13. The van der Waals surface area contributed by atoms with Crippen molar-refractivity contribution in [2.75, 3.05) is 0 Å². The van der Waals surface area contributed by atoms with E-state index in [1.165, 1.54) is 6.07 Å². The number of hydrogen-bond acceptors (Lipinski definition) is 2. The number of nitrogens with one attached hydrogen (secondary N) is 1. The molecule has 0 saturated heterocycles. The van der Waals surface area contributed by atoms with Gasteiger partial charge in [0.15, 0.2) is 0 Å². The topological polar surface area (TPSA) is 38.3 Å². The predicted molar refractivity (Wildman–Crippen MR) is 72.0 cm³/mol. The molecular weight excluding hydrogens is 283 g/mol. The molecule has 3 nitrogen and oxygen atoms in total. The molecule has 1 amide bonds. The van der Waals surface area contributed by atoms with Crippen molar-refractivity contribution in [3.05, 3.63) is 35.4 Å². The van der Waals surface area contributed by atoms with Gasteiger partial charge in [0.2, 0.25) is 0 Å². The van der Waals surface area contributed by atoms with Gasteiger partial charge in [-0.05, 0) is 38.8 Å². The van der Waals surface area contributed by atoms with E-state index in [1.807, 2.05) is 0 Å². The lowest BCUT2D eigenvalue weighted by Crippen LogP contribution is -2.34. The summed E-state index contributed by atoms with van der Waals surface area (Å²) in [5, 5.41) is 2.67. The number of rotatable bonds is 2. The highest BCUT2D eigenvalue weighted by molar-refractivity contribution is 5.69. The molecule has 2 rings (SSSR count). The average Bonchev–Trinajstić information content (AvgIpc) is 3.04. The Bertz CT molecular complexity index is 534. The lowest BCUT2D eigenvalue weighted by Gasteiger charge is -2.19. The third kappa shape index (κ3) is 4.37. The lowest BCUT2D eigenvalue weighted by molar-refractivity contribution is -0.137. The maximum absolute atomic E-state index is 12.7. The number of carbonyl (C=O) groups is 1. The zero-order valence-corrected chi connectivity index (χ0v) is 12.1. The standard InChI is InChI=1S/C15H18F3NO2/c1-14(2,3)21-13(20)19-12-8-11(12)9-5-4-6-10(7-9)15(16,17)18/h4-7,11-12H,8H2,1-3H3,(H,19,20). The molecule has 1 N–H and O–H groups in total.